The molecule has 2 aromatic carbocycles. The largest absolute Gasteiger partial charge is 0.491 e. The monoisotopic (exact) mass is 473 g/mol. The lowest BCUT2D eigenvalue weighted by atomic mass is 9.92. The van der Waals surface area contributed by atoms with E-state index in [1.807, 2.05) is 49.4 Å². The number of carbonyl (C=O) groups is 1. The fourth-order valence-electron chi connectivity index (χ4n) is 4.73. The van der Waals surface area contributed by atoms with E-state index in [1.54, 1.807) is 7.11 Å². The average molecular weight is 474 g/mol. The molecule has 0 unspecified atom stereocenters. The molecule has 1 heterocycles. The van der Waals surface area contributed by atoms with Crippen LogP contribution in [0.2, 0.25) is 0 Å². The number of rotatable bonds is 9. The molecule has 1 amide bonds. The summed E-state index contributed by atoms with van der Waals surface area (Å²) in [4.78, 5) is 12.2. The minimum atomic E-state index is -0.431. The Morgan fingerprint density at radius 2 is 1.91 bits per heavy atom. The number of aromatic nitrogens is 1. The molecule has 1 atom stereocenters. The highest BCUT2D eigenvalue weighted by Crippen LogP contribution is 2.43. The molecule has 2 aliphatic carbocycles. The van der Waals surface area contributed by atoms with Crippen LogP contribution in [0.25, 0.3) is 22.2 Å². The van der Waals surface area contributed by atoms with Crippen molar-refractivity contribution in [2.45, 2.75) is 51.2 Å². The second kappa shape index (κ2) is 10.0. The van der Waals surface area contributed by atoms with Crippen molar-refractivity contribution in [2.24, 2.45) is 5.92 Å². The Kier molecular flexibility index (Phi) is 6.65. The molecule has 7 heteroatoms. The quantitative estimate of drug-likeness (QED) is 0.370. The van der Waals surface area contributed by atoms with Crippen LogP contribution in [0.3, 0.4) is 0 Å². The van der Waals surface area contributed by atoms with E-state index in [-0.39, 0.29) is 6.10 Å². The van der Waals surface area contributed by atoms with Crippen LogP contribution < -0.4 is 10.1 Å². The highest BCUT2D eigenvalue weighted by Gasteiger charge is 2.31. The van der Waals surface area contributed by atoms with Crippen LogP contribution in [0.1, 0.15) is 50.6 Å². The molecule has 1 aromatic heterocycles. The van der Waals surface area contributed by atoms with Gasteiger partial charge in [0.25, 0.3) is 0 Å². The molecule has 3 aromatic rings. The van der Waals surface area contributed by atoms with E-state index in [4.69, 9.17) is 14.2 Å². The Hall–Kier alpha value is -3.50. The van der Waals surface area contributed by atoms with Crippen molar-refractivity contribution in [3.05, 3.63) is 48.0 Å². The third-order valence-electron chi connectivity index (χ3n) is 7.07. The van der Waals surface area contributed by atoms with E-state index in [9.17, 15) is 10.1 Å². The van der Waals surface area contributed by atoms with Gasteiger partial charge >= 0.3 is 6.09 Å². The molecule has 0 bridgehead atoms. The molecule has 2 fully saturated rings. The number of benzene rings is 2. The number of nitrogens with one attached hydrogen (secondary N) is 1. The van der Waals surface area contributed by atoms with E-state index in [0.717, 1.165) is 53.6 Å². The minimum Gasteiger partial charge on any atom is -0.491 e. The molecular weight excluding hydrogens is 442 g/mol. The highest BCUT2D eigenvalue weighted by atomic mass is 16.6. The molecule has 0 radical (unpaired) electrons. The van der Waals surface area contributed by atoms with Crippen LogP contribution in [0.15, 0.2) is 42.5 Å². The third kappa shape index (κ3) is 4.85. The summed E-state index contributed by atoms with van der Waals surface area (Å²) in [7, 11) is 1.65. The molecule has 2 aliphatic rings. The van der Waals surface area contributed by atoms with Crippen molar-refractivity contribution in [3.8, 4) is 23.1 Å². The molecule has 2 saturated carbocycles. The van der Waals surface area contributed by atoms with Gasteiger partial charge in [0.1, 0.15) is 24.5 Å². The number of carbonyl (C=O) groups excluding carboxylic acids is 1. The van der Waals surface area contributed by atoms with E-state index < -0.39 is 6.09 Å². The number of nitrogens with zero attached hydrogens (tertiary/aromatic N) is 2. The number of hydrogen-bond acceptors (Lipinski definition) is 5. The van der Waals surface area contributed by atoms with Gasteiger partial charge in [-0.05, 0) is 74.8 Å². The first-order valence-electron chi connectivity index (χ1n) is 12.4. The van der Waals surface area contributed by atoms with Gasteiger partial charge in [-0.3, -0.25) is 5.32 Å². The zero-order valence-corrected chi connectivity index (χ0v) is 20.3. The van der Waals surface area contributed by atoms with Crippen molar-refractivity contribution < 1.29 is 19.0 Å². The standard InChI is InChI=1S/C28H31N3O4/c1-18(19-6-7-19)35-28(32)30-21-10-8-20(9-11-21)27-25(17-29)24-13-12-23(34-15-14-33-2)16-26(24)31(27)22-4-3-5-22/h8-13,16,18-19,22H,3-7,14-15H2,1-2H3,(H,30,32)/t18-/m1/s1. The number of fused-ring (bicyclic) bond motifs is 1. The summed E-state index contributed by atoms with van der Waals surface area (Å²) in [6.07, 6.45) is 5.11. The number of ether oxygens (including phenoxy) is 3. The van der Waals surface area contributed by atoms with Crippen molar-refractivity contribution in [3.63, 3.8) is 0 Å². The second-order valence-corrected chi connectivity index (χ2v) is 9.46. The lowest BCUT2D eigenvalue weighted by Gasteiger charge is -2.30. The van der Waals surface area contributed by atoms with Crippen molar-refractivity contribution in [1.29, 1.82) is 5.26 Å². The Morgan fingerprint density at radius 1 is 1.14 bits per heavy atom. The van der Waals surface area contributed by atoms with Crippen LogP contribution in [0, 0.1) is 17.2 Å². The van der Waals surface area contributed by atoms with Gasteiger partial charge in [0.15, 0.2) is 0 Å². The Balaban J connectivity index is 1.45. The molecule has 0 aliphatic heterocycles. The van der Waals surface area contributed by atoms with Crippen LogP contribution in [-0.2, 0) is 9.47 Å². The van der Waals surface area contributed by atoms with Crippen molar-refractivity contribution >= 4 is 22.7 Å². The number of anilines is 1. The lowest BCUT2D eigenvalue weighted by molar-refractivity contribution is 0.108. The first-order chi connectivity index (χ1) is 17.1. The number of methoxy groups -OCH3 is 1. The average Bonchev–Trinajstić information content (AvgIpc) is 3.63. The molecule has 1 N–H and O–H groups in total. The van der Waals surface area contributed by atoms with Gasteiger partial charge in [-0.1, -0.05) is 12.1 Å². The summed E-state index contributed by atoms with van der Waals surface area (Å²) >= 11 is 0. The maximum absolute atomic E-state index is 12.2. The molecule has 0 spiro atoms. The van der Waals surface area contributed by atoms with Crippen molar-refractivity contribution in [2.75, 3.05) is 25.6 Å². The van der Waals surface area contributed by atoms with Gasteiger partial charge in [0.2, 0.25) is 0 Å². The van der Waals surface area contributed by atoms with Gasteiger partial charge in [-0.15, -0.1) is 0 Å². The van der Waals surface area contributed by atoms with Gasteiger partial charge in [0.05, 0.1) is 23.4 Å². The SMILES string of the molecule is COCCOc1ccc2c(C#N)c(-c3ccc(NC(=O)O[C@H](C)C4CC4)cc3)n(C3CCC3)c2c1. The van der Waals surface area contributed by atoms with Gasteiger partial charge in [-0.2, -0.15) is 5.26 Å². The Morgan fingerprint density at radius 3 is 2.54 bits per heavy atom. The highest BCUT2D eigenvalue weighted by molar-refractivity contribution is 5.96. The summed E-state index contributed by atoms with van der Waals surface area (Å²) in [6.45, 7) is 2.93. The zero-order chi connectivity index (χ0) is 24.4. The van der Waals surface area contributed by atoms with Gasteiger partial charge < -0.3 is 18.8 Å². The molecular formula is C28H31N3O4. The predicted molar refractivity (Wildman–Crippen MR) is 135 cm³/mol. The number of nitriles is 1. The van der Waals surface area contributed by atoms with E-state index in [2.05, 4.69) is 16.0 Å². The summed E-state index contributed by atoms with van der Waals surface area (Å²) < 4.78 is 18.7. The molecule has 35 heavy (non-hydrogen) atoms. The maximum Gasteiger partial charge on any atom is 0.411 e. The van der Waals surface area contributed by atoms with Crippen LogP contribution in [0.5, 0.6) is 5.75 Å². The Labute approximate surface area is 205 Å². The fourth-order valence-corrected chi connectivity index (χ4v) is 4.73. The lowest BCUT2D eigenvalue weighted by Crippen LogP contribution is -2.21. The van der Waals surface area contributed by atoms with E-state index in [1.165, 1.54) is 6.42 Å². The van der Waals surface area contributed by atoms with Gasteiger partial charge in [0, 0.05) is 30.3 Å². The normalized spacial score (nSPS) is 16.4. The summed E-state index contributed by atoms with van der Waals surface area (Å²) in [5.74, 6) is 1.26. The summed E-state index contributed by atoms with van der Waals surface area (Å²) in [6, 6.07) is 16.3. The molecule has 5 rings (SSSR count). The summed E-state index contributed by atoms with van der Waals surface area (Å²) in [5.41, 5.74) is 4.19. The number of amides is 1. The molecule has 182 valence electrons. The minimum absolute atomic E-state index is 0.0611. The number of hydrogen-bond donors (Lipinski definition) is 1. The van der Waals surface area contributed by atoms with Gasteiger partial charge in [-0.25, -0.2) is 4.79 Å². The predicted octanol–water partition coefficient (Wildman–Crippen LogP) is 6.28. The second-order valence-electron chi connectivity index (χ2n) is 9.46. The zero-order valence-electron chi connectivity index (χ0n) is 20.3. The molecule has 7 nitrogen and oxygen atoms in total. The first-order valence-corrected chi connectivity index (χ1v) is 12.4. The smallest absolute Gasteiger partial charge is 0.411 e. The maximum atomic E-state index is 12.2. The topological polar surface area (TPSA) is 85.5 Å². The first kappa shape index (κ1) is 23.3. The Bertz CT molecular complexity index is 1250. The van der Waals surface area contributed by atoms with E-state index >= 15 is 0 Å². The fraction of sp³-hybridized carbons (Fsp3) is 0.429. The van der Waals surface area contributed by atoms with Crippen LogP contribution in [0.4, 0.5) is 10.5 Å². The summed E-state index contributed by atoms with van der Waals surface area (Å²) in [5, 5.41) is 13.9. The van der Waals surface area contributed by atoms with Crippen LogP contribution >= 0.6 is 0 Å². The van der Waals surface area contributed by atoms with Crippen LogP contribution in [-0.4, -0.2) is 37.1 Å². The van der Waals surface area contributed by atoms with Crippen molar-refractivity contribution in [1.82, 2.24) is 4.57 Å². The van der Waals surface area contributed by atoms with E-state index in [0.29, 0.717) is 36.4 Å². The molecule has 0 saturated heterocycles. The third-order valence-corrected chi connectivity index (χ3v) is 7.07.